The first-order valence-electron chi connectivity index (χ1n) is 23.9. The summed E-state index contributed by atoms with van der Waals surface area (Å²) in [4.78, 5) is 153. The van der Waals surface area contributed by atoms with Crippen LogP contribution in [0.25, 0.3) is 0 Å². The number of phenols is 1. The summed E-state index contributed by atoms with van der Waals surface area (Å²) in [5.74, 6) is -10.3. The molecule has 20 N–H and O–H groups in total. The topological polar surface area (TPSA) is 464 Å². The minimum absolute atomic E-state index is 0.00696. The molecule has 2 aliphatic heterocycles. The monoisotopic (exact) mass is 1120 g/mol. The number of hydrogen-bond donors (Lipinski definition) is 14. The van der Waals surface area contributed by atoms with Crippen LogP contribution in [0.3, 0.4) is 0 Å². The highest BCUT2D eigenvalue weighted by atomic mass is 33.5. The van der Waals surface area contributed by atoms with Crippen molar-refractivity contribution in [1.29, 1.82) is 0 Å². The number of phenolic OH excluding ortho intramolecular Hbond substituents is 1. The zero-order chi connectivity index (χ0) is 55.9. The maximum atomic E-state index is 14.6. The number of primary amides is 3. The number of carbonyl (C=O) groups excluding carboxylic acids is 11. The van der Waals surface area contributed by atoms with Gasteiger partial charge in [0, 0.05) is 43.9 Å². The average Bonchev–Trinajstić information content (AvgIpc) is 3.87. The first-order chi connectivity index (χ1) is 36.1. The van der Waals surface area contributed by atoms with Crippen molar-refractivity contribution < 1.29 is 57.8 Å². The number of aromatic hydroxyl groups is 1. The molecule has 2 aliphatic rings. The zero-order valence-corrected chi connectivity index (χ0v) is 43.7. The Morgan fingerprint density at radius 3 is 1.91 bits per heavy atom. The molecule has 0 saturated carbocycles. The molecule has 2 aromatic carbocycles. The standard InChI is InChI=1S/C46H65N15O12S3/c47-27-22-74-76-75-23-33(45(73)61-17-5-9-34(61)44(72)56-28(8-4-16-53-46(51)52)39(67)54-21-37(50)65)60-43(71)32(20-36(49)64)59-40(68)29(14-15-35(48)63)55-41(69)31(18-24-6-2-1-3-7-24)58-42(70)30(57-38(27)66)19-25-10-12-26(62)13-11-25/h1-3,6-7,10-13,27-34,62H,4-5,8-9,14-23,47H2,(H2,48,63)(H2,49,64)(H2,50,65)(H,54,67)(H,55,69)(H,56,72)(H,57,66)(H,58,70)(H,59,68)(H,60,71)(H4,51,52,53)/t27-,28-,29+,30-,31-,32-,33-,34-/m0/s1. The summed E-state index contributed by atoms with van der Waals surface area (Å²) in [7, 11) is 3.21. The van der Waals surface area contributed by atoms with Gasteiger partial charge in [-0.3, -0.25) is 57.7 Å². The molecule has 2 fully saturated rings. The highest BCUT2D eigenvalue weighted by Gasteiger charge is 2.40. The third-order valence-electron chi connectivity index (χ3n) is 11.7. The number of nitrogens with one attached hydrogen (secondary N) is 7. The lowest BCUT2D eigenvalue weighted by Crippen LogP contribution is -2.61. The van der Waals surface area contributed by atoms with Crippen LogP contribution in [0.2, 0.25) is 0 Å². The Labute approximate surface area is 448 Å². The van der Waals surface area contributed by atoms with Crippen LogP contribution in [0.4, 0.5) is 0 Å². The summed E-state index contributed by atoms with van der Waals surface area (Å²) in [5.41, 5.74) is 34.4. The van der Waals surface area contributed by atoms with Gasteiger partial charge in [0.1, 0.15) is 48.0 Å². The second kappa shape index (κ2) is 30.9. The van der Waals surface area contributed by atoms with Crippen molar-refractivity contribution in [3.63, 3.8) is 0 Å². The molecular formula is C46H65N15O12S3. The van der Waals surface area contributed by atoms with E-state index >= 15 is 0 Å². The quantitative estimate of drug-likeness (QED) is 0.0272. The first-order valence-corrected chi connectivity index (χ1v) is 27.7. The Balaban J connectivity index is 1.70. The molecule has 11 amide bonds. The molecule has 0 radical (unpaired) electrons. The molecule has 2 saturated heterocycles. The number of rotatable bonds is 19. The average molecular weight is 1120 g/mol. The van der Waals surface area contributed by atoms with Crippen LogP contribution in [0.15, 0.2) is 59.6 Å². The minimum atomic E-state index is -1.79. The van der Waals surface area contributed by atoms with Crippen molar-refractivity contribution in [2.75, 3.05) is 31.1 Å². The molecule has 0 aromatic heterocycles. The fraction of sp³-hybridized carbons (Fsp3) is 0.478. The Kier molecular flexibility index (Phi) is 24.9. The number of guanidine groups is 1. The first kappa shape index (κ1) is 61.2. The van der Waals surface area contributed by atoms with Crippen LogP contribution in [0.5, 0.6) is 5.75 Å². The lowest BCUT2D eigenvalue weighted by Gasteiger charge is -2.30. The number of aliphatic imine (C=N–C) groups is 1. The molecule has 0 unspecified atom stereocenters. The minimum Gasteiger partial charge on any atom is -0.508 e. The molecule has 4 rings (SSSR count). The van der Waals surface area contributed by atoms with Crippen LogP contribution in [0.1, 0.15) is 56.1 Å². The number of likely N-dealkylation sites (tertiary alicyclic amines) is 1. The van der Waals surface area contributed by atoms with Crippen LogP contribution >= 0.6 is 31.4 Å². The van der Waals surface area contributed by atoms with Gasteiger partial charge < -0.3 is 81.6 Å². The Hall–Kier alpha value is -7.31. The summed E-state index contributed by atoms with van der Waals surface area (Å²) in [6, 6.07) is 2.95. The Morgan fingerprint density at radius 2 is 1.29 bits per heavy atom. The maximum Gasteiger partial charge on any atom is 0.246 e. The van der Waals surface area contributed by atoms with E-state index in [2.05, 4.69) is 42.2 Å². The normalized spacial score (nSPS) is 22.6. The zero-order valence-electron chi connectivity index (χ0n) is 41.2. The number of hydrogen-bond acceptors (Lipinski definition) is 17. The van der Waals surface area contributed by atoms with Gasteiger partial charge >= 0.3 is 0 Å². The van der Waals surface area contributed by atoms with Crippen LogP contribution in [-0.4, -0.2) is 160 Å². The largest absolute Gasteiger partial charge is 0.508 e. The molecule has 2 heterocycles. The highest BCUT2D eigenvalue weighted by Crippen LogP contribution is 2.35. The fourth-order valence-electron chi connectivity index (χ4n) is 7.79. The number of amides is 11. The molecule has 2 aromatic rings. The highest BCUT2D eigenvalue weighted by molar-refractivity contribution is 9.09. The number of carbonyl (C=O) groups is 11. The van der Waals surface area contributed by atoms with E-state index in [-0.39, 0.29) is 68.4 Å². The molecular weight excluding hydrogens is 1050 g/mol. The summed E-state index contributed by atoms with van der Waals surface area (Å²) >= 11 is 0. The van der Waals surface area contributed by atoms with Gasteiger partial charge in [-0.2, -0.15) is 0 Å². The predicted molar refractivity (Wildman–Crippen MR) is 283 cm³/mol. The predicted octanol–water partition coefficient (Wildman–Crippen LogP) is -4.76. The fourth-order valence-corrected chi connectivity index (χ4v) is 11.6. The summed E-state index contributed by atoms with van der Waals surface area (Å²) in [5, 5.41) is 27.7. The van der Waals surface area contributed by atoms with Crippen molar-refractivity contribution in [3.05, 3.63) is 65.7 Å². The van der Waals surface area contributed by atoms with Crippen LogP contribution < -0.4 is 71.6 Å². The smallest absolute Gasteiger partial charge is 0.246 e. The molecule has 27 nitrogen and oxygen atoms in total. The van der Waals surface area contributed by atoms with E-state index in [0.29, 0.717) is 17.5 Å². The lowest BCUT2D eigenvalue weighted by atomic mass is 10.0. The maximum absolute atomic E-state index is 14.6. The van der Waals surface area contributed by atoms with Crippen molar-refractivity contribution in [3.8, 4) is 5.75 Å². The third-order valence-corrected chi connectivity index (χ3v) is 15.9. The molecule has 0 aliphatic carbocycles. The van der Waals surface area contributed by atoms with E-state index < -0.39 is 139 Å². The van der Waals surface area contributed by atoms with Gasteiger partial charge in [0.2, 0.25) is 65.0 Å². The number of benzene rings is 2. The van der Waals surface area contributed by atoms with Gasteiger partial charge in [0.25, 0.3) is 0 Å². The van der Waals surface area contributed by atoms with Gasteiger partial charge in [-0.15, -0.1) is 0 Å². The van der Waals surface area contributed by atoms with Crippen molar-refractivity contribution in [1.82, 2.24) is 42.1 Å². The summed E-state index contributed by atoms with van der Waals surface area (Å²) in [6.45, 7) is -0.421. The lowest BCUT2D eigenvalue weighted by molar-refractivity contribution is -0.142. The molecule has 30 heteroatoms. The van der Waals surface area contributed by atoms with E-state index in [1.807, 2.05) is 0 Å². The van der Waals surface area contributed by atoms with Gasteiger partial charge in [-0.05, 0) is 65.2 Å². The molecule has 8 atom stereocenters. The molecule has 76 heavy (non-hydrogen) atoms. The third kappa shape index (κ3) is 20.8. The van der Waals surface area contributed by atoms with Gasteiger partial charge in [-0.1, -0.05) is 64.1 Å². The molecule has 0 spiro atoms. The van der Waals surface area contributed by atoms with Crippen molar-refractivity contribution >= 4 is 102 Å². The summed E-state index contributed by atoms with van der Waals surface area (Å²) in [6.07, 6.45) is -1.34. The van der Waals surface area contributed by atoms with E-state index in [9.17, 15) is 57.8 Å². The van der Waals surface area contributed by atoms with Crippen molar-refractivity contribution in [2.24, 2.45) is 39.4 Å². The van der Waals surface area contributed by atoms with E-state index in [1.54, 1.807) is 30.3 Å². The number of nitrogens with two attached hydrogens (primary N) is 6. The van der Waals surface area contributed by atoms with E-state index in [4.69, 9.17) is 34.4 Å². The van der Waals surface area contributed by atoms with Crippen LogP contribution in [-0.2, 0) is 65.6 Å². The van der Waals surface area contributed by atoms with Crippen LogP contribution in [0, 0.1) is 0 Å². The second-order valence-corrected chi connectivity index (χ2v) is 22.0. The molecule has 414 valence electrons. The molecule has 0 bridgehead atoms. The van der Waals surface area contributed by atoms with E-state index in [0.717, 1.165) is 31.4 Å². The Bertz CT molecular complexity index is 2440. The van der Waals surface area contributed by atoms with Gasteiger partial charge in [0.05, 0.1) is 19.0 Å². The van der Waals surface area contributed by atoms with E-state index in [1.165, 1.54) is 29.2 Å². The second-order valence-electron chi connectivity index (χ2n) is 17.7. The SMILES string of the molecule is NC(=O)CC[C@H]1NC(=O)[C@H](Cc2ccccc2)NC(=O)[C@H](Cc2ccc(O)cc2)NC(=O)[C@@H](N)CSSSC[C@@H](C(=O)N2CCC[C@H]2C(=O)N[C@@H](CCCN=C(N)N)C(=O)NCC(N)=O)NC(=O)[C@H](CC(N)=O)NC1=O. The van der Waals surface area contributed by atoms with Gasteiger partial charge in [0.15, 0.2) is 5.96 Å². The number of nitrogens with zero attached hydrogens (tertiary/aromatic N) is 2. The Morgan fingerprint density at radius 1 is 0.711 bits per heavy atom. The van der Waals surface area contributed by atoms with Gasteiger partial charge in [-0.25, -0.2) is 0 Å². The summed E-state index contributed by atoms with van der Waals surface area (Å²) < 4.78 is 0. The van der Waals surface area contributed by atoms with Crippen molar-refractivity contribution in [2.45, 2.75) is 106 Å².